The number of aliphatic imine (C=N–C) groups is 1. The molecule has 4 heterocycles. The molecule has 2 aliphatic heterocycles. The molecule has 0 atom stereocenters. The van der Waals surface area contributed by atoms with Gasteiger partial charge in [0.25, 0.3) is 5.95 Å². The van der Waals surface area contributed by atoms with Gasteiger partial charge >= 0.3 is 0 Å². The number of amidine groups is 2. The summed E-state index contributed by atoms with van der Waals surface area (Å²) in [7, 11) is 0. The minimum atomic E-state index is -0.848. The highest BCUT2D eigenvalue weighted by Gasteiger charge is 2.59. The number of nitrogens with zero attached hydrogens (tertiary/aromatic N) is 5. The second-order valence-corrected chi connectivity index (χ2v) is 19.7. The predicted molar refractivity (Wildman–Crippen MR) is 233 cm³/mol. The number of nitrogens with one attached hydrogen (secondary N) is 3. The molecule has 9 N–H and O–H groups in total. The summed E-state index contributed by atoms with van der Waals surface area (Å²) in [6.45, 7) is 15.3. The Morgan fingerprint density at radius 1 is 1.07 bits per heavy atom. The molecular weight excluding hydrogens is 767 g/mol. The monoisotopic (exact) mass is 827 g/mol. The van der Waals surface area contributed by atoms with Crippen LogP contribution in [0.5, 0.6) is 0 Å². The number of aliphatic hydroxyl groups is 4. The fourth-order valence-corrected chi connectivity index (χ4v) is 11.7. The van der Waals surface area contributed by atoms with Gasteiger partial charge in [0, 0.05) is 42.0 Å². The zero-order chi connectivity index (χ0) is 42.3. The molecule has 2 aliphatic carbocycles. The van der Waals surface area contributed by atoms with Crippen molar-refractivity contribution < 1.29 is 25.2 Å². The first-order valence-corrected chi connectivity index (χ1v) is 21.5. The van der Waals surface area contributed by atoms with Crippen molar-refractivity contribution in [3.63, 3.8) is 0 Å². The molecule has 318 valence electrons. The number of aromatic nitrogens is 3. The van der Waals surface area contributed by atoms with E-state index >= 15 is 0 Å². The van der Waals surface area contributed by atoms with Gasteiger partial charge in [-0.1, -0.05) is 51.2 Å². The van der Waals surface area contributed by atoms with Crippen molar-refractivity contribution in [1.29, 1.82) is 5.41 Å². The van der Waals surface area contributed by atoms with Crippen LogP contribution in [-0.4, -0.2) is 96.3 Å². The first-order chi connectivity index (χ1) is 28.0. The molecule has 2 aromatic heterocycles. The number of allylic oxidation sites excluding steroid dienone is 3. The van der Waals surface area contributed by atoms with Gasteiger partial charge in [-0.25, -0.2) is 9.98 Å². The van der Waals surface area contributed by atoms with Crippen LogP contribution in [0.1, 0.15) is 90.8 Å². The molecule has 0 unspecified atom stereocenters. The van der Waals surface area contributed by atoms with E-state index in [1.807, 2.05) is 55.2 Å². The molecule has 0 amide bonds. The Morgan fingerprint density at radius 2 is 1.78 bits per heavy atom. The molecule has 4 aliphatic rings. The molecule has 0 spiro atoms. The van der Waals surface area contributed by atoms with Crippen LogP contribution in [0.2, 0.25) is 0 Å². The normalized spacial score (nSPS) is 25.2. The number of aliphatic hydroxyl groups excluding tert-OH is 3. The van der Waals surface area contributed by atoms with Gasteiger partial charge in [0.1, 0.15) is 23.2 Å². The largest absolute Gasteiger partial charge is 0.480 e. The number of hydrogen-bond donors (Lipinski definition) is 8. The van der Waals surface area contributed by atoms with Gasteiger partial charge in [-0.15, -0.1) is 0 Å². The molecule has 3 fully saturated rings. The second kappa shape index (κ2) is 16.5. The molecule has 7 rings (SSSR count). The van der Waals surface area contributed by atoms with E-state index in [9.17, 15) is 25.8 Å². The van der Waals surface area contributed by atoms with E-state index in [1.54, 1.807) is 6.20 Å². The number of thiazole rings is 1. The first-order valence-electron chi connectivity index (χ1n) is 20.7. The third-order valence-electron chi connectivity index (χ3n) is 12.4. The fraction of sp³-hybridized carbons (Fsp3) is 0.545. The summed E-state index contributed by atoms with van der Waals surface area (Å²) in [5, 5.41) is 61.6. The van der Waals surface area contributed by atoms with Gasteiger partial charge in [0.2, 0.25) is 5.13 Å². The molecule has 3 aromatic rings. The molecule has 1 aromatic carbocycles. The Labute approximate surface area is 350 Å². The molecule has 2 saturated carbocycles. The van der Waals surface area contributed by atoms with Crippen LogP contribution in [0.3, 0.4) is 0 Å². The Bertz CT molecular complexity index is 2180. The average Bonchev–Trinajstić information content (AvgIpc) is 3.74. The van der Waals surface area contributed by atoms with E-state index in [-0.39, 0.29) is 52.6 Å². The number of para-hydroxylation sites is 1. The van der Waals surface area contributed by atoms with Crippen LogP contribution < -0.4 is 16.4 Å². The smallest absolute Gasteiger partial charge is 0.299 e. The van der Waals surface area contributed by atoms with Gasteiger partial charge in [0.05, 0.1) is 47.9 Å². The van der Waals surface area contributed by atoms with Crippen molar-refractivity contribution in [3.8, 4) is 0 Å². The quantitative estimate of drug-likeness (QED) is 0.0393. The standard InChI is InChI=1S/C44H61N9O5S/c1-27(37(45)51-40-49-33-11-7-8-12-34(33)59-40)30-10-9-16-52(38(30)46)35-14-13-31(36(50-35)39(56)57)32-18-48-53(28(32)2)26-43-21-41(3,4)23-44(25-43,24-42(5,6)22-43)58-17-15-47-29(19-54)20-55/h7-8,11-14,18,29,46-47,50,54-57H,9-10,15-17,19-26H2,1-6H3,(H2,45,49,51)/b30-27-,46-38?. The Hall–Kier alpha value is -4.54. The van der Waals surface area contributed by atoms with Crippen LogP contribution in [0.4, 0.5) is 5.13 Å². The van der Waals surface area contributed by atoms with Crippen LogP contribution >= 0.6 is 11.3 Å². The van der Waals surface area contributed by atoms with E-state index in [2.05, 4.69) is 53.0 Å². The number of benzene rings is 1. The zero-order valence-electron chi connectivity index (χ0n) is 35.2. The molecule has 15 heteroatoms. The van der Waals surface area contributed by atoms with E-state index < -0.39 is 5.95 Å². The second-order valence-electron chi connectivity index (χ2n) is 18.7. The molecular formula is C44H61N9O5S. The van der Waals surface area contributed by atoms with Crippen molar-refractivity contribution in [2.45, 2.75) is 105 Å². The number of dihydropyridines is 1. The lowest BCUT2D eigenvalue weighted by Crippen LogP contribution is -2.58. The number of likely N-dealkylation sites (tertiary alicyclic amines) is 1. The minimum absolute atomic E-state index is 0.0328. The Morgan fingerprint density at radius 3 is 2.46 bits per heavy atom. The molecule has 0 radical (unpaired) electrons. The lowest BCUT2D eigenvalue weighted by atomic mass is 9.48. The number of ether oxygens (including phenoxy) is 1. The number of rotatable bonds is 13. The molecule has 14 nitrogen and oxygen atoms in total. The van der Waals surface area contributed by atoms with E-state index in [1.165, 1.54) is 11.3 Å². The fourth-order valence-electron chi connectivity index (χ4n) is 10.9. The Kier molecular flexibility index (Phi) is 11.9. The van der Waals surface area contributed by atoms with Crippen LogP contribution in [0, 0.1) is 28.6 Å². The van der Waals surface area contributed by atoms with Gasteiger partial charge in [-0.3, -0.25) is 10.1 Å². The lowest BCUT2D eigenvalue weighted by molar-refractivity contribution is -0.196. The highest BCUT2D eigenvalue weighted by Crippen LogP contribution is 2.63. The van der Waals surface area contributed by atoms with E-state index in [0.717, 1.165) is 65.6 Å². The van der Waals surface area contributed by atoms with Gasteiger partial charge in [-0.05, 0) is 105 Å². The number of fused-ring (bicyclic) bond motifs is 3. The highest BCUT2D eigenvalue weighted by atomic mass is 32.1. The summed E-state index contributed by atoms with van der Waals surface area (Å²) in [4.78, 5) is 11.0. The average molecular weight is 828 g/mol. The minimum Gasteiger partial charge on any atom is -0.480 e. The van der Waals surface area contributed by atoms with Crippen LogP contribution in [0.15, 0.2) is 76.2 Å². The summed E-state index contributed by atoms with van der Waals surface area (Å²) in [6, 6.07) is 7.49. The molecule has 1 saturated heterocycles. The zero-order valence-corrected chi connectivity index (χ0v) is 36.0. The summed E-state index contributed by atoms with van der Waals surface area (Å²) in [5.74, 6) is 0.287. The van der Waals surface area contributed by atoms with Gasteiger partial charge < -0.3 is 46.4 Å². The maximum Gasteiger partial charge on any atom is 0.299 e. The molecule has 59 heavy (non-hydrogen) atoms. The number of nitrogens with two attached hydrogens (primary N) is 1. The maximum absolute atomic E-state index is 10.7. The van der Waals surface area contributed by atoms with Crippen molar-refractivity contribution in [2.75, 3.05) is 32.9 Å². The van der Waals surface area contributed by atoms with Crippen LogP contribution in [0.25, 0.3) is 15.8 Å². The summed E-state index contributed by atoms with van der Waals surface area (Å²) in [5.41, 5.74) is 11.0. The SMILES string of the molecule is CC(/C(N)=N/c1nc2ccccc2s1)=C1\CCCN(C2=CC=C(c3cnn(CC45CC(C)(C)CC(OCCNC(CO)CO)(CC(C)(C)C4)C5)c3C)C(=C(O)O)N2)C1=N. The van der Waals surface area contributed by atoms with E-state index in [0.29, 0.717) is 60.6 Å². The topological polar surface area (TPSA) is 210 Å². The summed E-state index contributed by atoms with van der Waals surface area (Å²) < 4.78 is 9.94. The van der Waals surface area contributed by atoms with Crippen molar-refractivity contribution in [1.82, 2.24) is 30.3 Å². The van der Waals surface area contributed by atoms with Gasteiger partial charge in [-0.2, -0.15) is 5.10 Å². The summed E-state index contributed by atoms with van der Waals surface area (Å²) >= 11 is 1.47. The predicted octanol–water partition coefficient (Wildman–Crippen LogP) is 6.71. The third kappa shape index (κ3) is 8.99. The molecule has 2 bridgehead atoms. The van der Waals surface area contributed by atoms with Crippen molar-refractivity contribution >= 4 is 43.9 Å². The third-order valence-corrected chi connectivity index (χ3v) is 13.3. The summed E-state index contributed by atoms with van der Waals surface area (Å²) in [6.07, 6.45) is 11.8. The van der Waals surface area contributed by atoms with E-state index in [4.69, 9.17) is 15.6 Å². The number of hydrogen-bond acceptors (Lipinski definition) is 12. The van der Waals surface area contributed by atoms with Crippen molar-refractivity contribution in [2.24, 2.45) is 27.0 Å². The highest BCUT2D eigenvalue weighted by molar-refractivity contribution is 7.22. The Balaban J connectivity index is 1.12. The van der Waals surface area contributed by atoms with Crippen molar-refractivity contribution in [3.05, 3.63) is 82.5 Å². The maximum atomic E-state index is 10.7. The lowest BCUT2D eigenvalue weighted by Gasteiger charge is -2.61. The first kappa shape index (κ1) is 42.6. The van der Waals surface area contributed by atoms with Crippen LogP contribution in [-0.2, 0) is 11.3 Å². The number of piperidine rings is 1. The van der Waals surface area contributed by atoms with Gasteiger partial charge in [0.15, 0.2) is 0 Å².